The number of rotatable bonds is 1. The van der Waals surface area contributed by atoms with Crippen molar-refractivity contribution in [2.45, 2.75) is 0 Å². The van der Waals surface area contributed by atoms with Crippen LogP contribution in [0.5, 0.6) is 0 Å². The summed E-state index contributed by atoms with van der Waals surface area (Å²) in [5.74, 6) is 0.544. The molecule has 4 heteroatoms. The summed E-state index contributed by atoms with van der Waals surface area (Å²) < 4.78 is 0. The van der Waals surface area contributed by atoms with Gasteiger partial charge >= 0.3 is 0 Å². The van der Waals surface area contributed by atoms with Crippen LogP contribution in [-0.4, -0.2) is 24.2 Å². The molecule has 2 aliphatic heterocycles. The lowest BCUT2D eigenvalue weighted by Gasteiger charge is -1.79. The molecule has 2 rings (SSSR count). The van der Waals surface area contributed by atoms with Crippen molar-refractivity contribution in [3.05, 3.63) is 11.8 Å². The summed E-state index contributed by atoms with van der Waals surface area (Å²) in [6, 6.07) is 0. The second-order valence-electron chi connectivity index (χ2n) is 1.88. The number of carbonyl (C=O) groups excluding carboxylic acids is 1. The topological polar surface area (TPSA) is 54.1 Å². The molecular formula is C6H3N3O. The fourth-order valence-electron chi connectivity index (χ4n) is 0.813. The molecule has 2 aliphatic rings. The molecule has 0 unspecified atom stereocenters. The van der Waals surface area contributed by atoms with Gasteiger partial charge in [0.05, 0.1) is 0 Å². The van der Waals surface area contributed by atoms with Crippen LogP contribution in [0.3, 0.4) is 0 Å². The minimum atomic E-state index is 0.394. The van der Waals surface area contributed by atoms with Gasteiger partial charge < -0.3 is 0 Å². The van der Waals surface area contributed by atoms with Gasteiger partial charge in [-0.05, 0) is 6.08 Å². The van der Waals surface area contributed by atoms with E-state index in [0.717, 1.165) is 0 Å². The Morgan fingerprint density at radius 2 is 2.40 bits per heavy atom. The Morgan fingerprint density at radius 1 is 1.50 bits per heavy atom. The average Bonchev–Trinajstić information content (AvgIpc) is 2.42. The minimum Gasteiger partial charge on any atom is -0.296 e. The number of aldehydes is 1. The van der Waals surface area contributed by atoms with Crippen molar-refractivity contribution in [3.63, 3.8) is 0 Å². The Labute approximate surface area is 56.7 Å². The van der Waals surface area contributed by atoms with E-state index in [-0.39, 0.29) is 0 Å². The fraction of sp³-hybridized carbons (Fsp3) is 0. The number of aliphatic imine (C=N–C) groups is 3. The van der Waals surface area contributed by atoms with E-state index >= 15 is 0 Å². The standard InChI is InChI=1S/C6H3N3O/c10-2-4-1-5-6(9-4)8-3-7-5/h1-3H. The summed E-state index contributed by atoms with van der Waals surface area (Å²) in [5, 5.41) is 0. The van der Waals surface area contributed by atoms with Gasteiger partial charge in [0.2, 0.25) is 0 Å². The second-order valence-corrected chi connectivity index (χ2v) is 1.88. The second kappa shape index (κ2) is 1.70. The third-order valence-electron chi connectivity index (χ3n) is 1.25. The van der Waals surface area contributed by atoms with Crippen molar-refractivity contribution >= 4 is 24.2 Å². The maximum absolute atomic E-state index is 10.2. The molecule has 4 nitrogen and oxygen atoms in total. The van der Waals surface area contributed by atoms with Crippen LogP contribution in [0.15, 0.2) is 26.8 Å². The Bertz CT molecular complexity index is 309. The molecule has 0 radical (unpaired) electrons. The van der Waals surface area contributed by atoms with Crippen molar-refractivity contribution in [1.29, 1.82) is 0 Å². The zero-order chi connectivity index (χ0) is 6.97. The summed E-state index contributed by atoms with van der Waals surface area (Å²) in [7, 11) is 0. The molecule has 0 atom stereocenters. The maximum atomic E-state index is 10.2. The predicted molar refractivity (Wildman–Crippen MR) is 37.5 cm³/mol. The smallest absolute Gasteiger partial charge is 0.180 e. The summed E-state index contributed by atoms with van der Waals surface area (Å²) >= 11 is 0. The average molecular weight is 133 g/mol. The highest BCUT2D eigenvalue weighted by Gasteiger charge is 2.16. The van der Waals surface area contributed by atoms with E-state index in [1.54, 1.807) is 6.08 Å². The lowest BCUT2D eigenvalue weighted by Crippen LogP contribution is -1.90. The van der Waals surface area contributed by atoms with E-state index in [2.05, 4.69) is 15.0 Å². The SMILES string of the molecule is O=CC1=NC2=NC=NC2=C1. The minimum absolute atomic E-state index is 0.394. The molecule has 2 heterocycles. The molecule has 0 N–H and O–H groups in total. The van der Waals surface area contributed by atoms with Crippen LogP contribution in [0.2, 0.25) is 0 Å². The third kappa shape index (κ3) is 0.556. The quantitative estimate of drug-likeness (QED) is 0.463. The maximum Gasteiger partial charge on any atom is 0.180 e. The number of hydrogen-bond acceptors (Lipinski definition) is 4. The van der Waals surface area contributed by atoms with Crippen molar-refractivity contribution < 1.29 is 4.79 Å². The van der Waals surface area contributed by atoms with E-state index in [1.807, 2.05) is 0 Å². The van der Waals surface area contributed by atoms with Crippen LogP contribution in [0.25, 0.3) is 0 Å². The van der Waals surface area contributed by atoms with Crippen LogP contribution in [-0.2, 0) is 4.79 Å². The van der Waals surface area contributed by atoms with Gasteiger partial charge in [-0.3, -0.25) is 4.79 Å². The van der Waals surface area contributed by atoms with Gasteiger partial charge in [0.1, 0.15) is 17.7 Å². The number of hydrogen-bond donors (Lipinski definition) is 0. The Morgan fingerprint density at radius 3 is 3.10 bits per heavy atom. The number of allylic oxidation sites excluding steroid dienone is 1. The molecule has 10 heavy (non-hydrogen) atoms. The van der Waals surface area contributed by atoms with Gasteiger partial charge in [-0.2, -0.15) is 0 Å². The lowest BCUT2D eigenvalue weighted by atomic mass is 10.4. The van der Waals surface area contributed by atoms with Gasteiger partial charge in [0.25, 0.3) is 0 Å². The highest BCUT2D eigenvalue weighted by atomic mass is 16.1. The molecule has 0 aromatic rings. The molecule has 0 saturated carbocycles. The first kappa shape index (κ1) is 5.22. The van der Waals surface area contributed by atoms with Crippen molar-refractivity contribution in [1.82, 2.24) is 0 Å². The molecule has 0 spiro atoms. The predicted octanol–water partition coefficient (Wildman–Crippen LogP) is -0.0358. The van der Waals surface area contributed by atoms with E-state index in [9.17, 15) is 4.79 Å². The van der Waals surface area contributed by atoms with Crippen LogP contribution in [0.4, 0.5) is 0 Å². The zero-order valence-corrected chi connectivity index (χ0v) is 4.98. The van der Waals surface area contributed by atoms with Gasteiger partial charge in [0, 0.05) is 0 Å². The Hall–Kier alpha value is -1.58. The van der Waals surface area contributed by atoms with Crippen LogP contribution in [0.1, 0.15) is 0 Å². The highest BCUT2D eigenvalue weighted by molar-refractivity contribution is 6.41. The fourth-order valence-corrected chi connectivity index (χ4v) is 0.813. The third-order valence-corrected chi connectivity index (χ3v) is 1.25. The first-order chi connectivity index (χ1) is 4.90. The van der Waals surface area contributed by atoms with E-state index in [1.165, 1.54) is 6.34 Å². The highest BCUT2D eigenvalue weighted by Crippen LogP contribution is 2.12. The van der Waals surface area contributed by atoms with Crippen molar-refractivity contribution in [3.8, 4) is 0 Å². The molecule has 0 aliphatic carbocycles. The molecule has 0 fully saturated rings. The molecular weight excluding hydrogens is 130 g/mol. The number of nitrogens with zero attached hydrogens (tertiary/aromatic N) is 3. The van der Waals surface area contributed by atoms with Gasteiger partial charge in [-0.25, -0.2) is 15.0 Å². The number of carbonyl (C=O) groups is 1. The summed E-state index contributed by atoms with van der Waals surface area (Å²) in [4.78, 5) is 21.7. The van der Waals surface area contributed by atoms with Gasteiger partial charge in [-0.15, -0.1) is 0 Å². The monoisotopic (exact) mass is 133 g/mol. The molecule has 0 aromatic carbocycles. The van der Waals surface area contributed by atoms with Crippen LogP contribution < -0.4 is 0 Å². The van der Waals surface area contributed by atoms with E-state index in [4.69, 9.17) is 0 Å². The summed E-state index contributed by atoms with van der Waals surface area (Å²) in [6.45, 7) is 0. The molecule has 0 saturated heterocycles. The zero-order valence-electron chi connectivity index (χ0n) is 4.98. The van der Waals surface area contributed by atoms with E-state index < -0.39 is 0 Å². The van der Waals surface area contributed by atoms with Crippen molar-refractivity contribution in [2.75, 3.05) is 0 Å². The van der Waals surface area contributed by atoms with Crippen LogP contribution in [0, 0.1) is 0 Å². The summed E-state index contributed by atoms with van der Waals surface area (Å²) in [6.07, 6.45) is 3.71. The van der Waals surface area contributed by atoms with Crippen LogP contribution >= 0.6 is 0 Å². The molecule has 48 valence electrons. The summed E-state index contributed by atoms with van der Waals surface area (Å²) in [5.41, 5.74) is 1.08. The Kier molecular flexibility index (Phi) is 0.887. The lowest BCUT2D eigenvalue weighted by molar-refractivity contribution is -0.102. The molecule has 0 aromatic heterocycles. The molecule has 0 amide bonds. The molecule has 0 bridgehead atoms. The number of amidine groups is 1. The van der Waals surface area contributed by atoms with Gasteiger partial charge in [-0.1, -0.05) is 0 Å². The van der Waals surface area contributed by atoms with Crippen molar-refractivity contribution in [2.24, 2.45) is 15.0 Å². The van der Waals surface area contributed by atoms with E-state index in [0.29, 0.717) is 23.5 Å². The first-order valence-electron chi connectivity index (χ1n) is 2.76. The first-order valence-corrected chi connectivity index (χ1v) is 2.76. The van der Waals surface area contributed by atoms with Gasteiger partial charge in [0.15, 0.2) is 12.1 Å². The largest absolute Gasteiger partial charge is 0.296 e. The Balaban J connectivity index is 2.46. The number of fused-ring (bicyclic) bond motifs is 1. The normalized spacial score (nSPS) is 19.8.